The molecule has 2 aromatic rings. The van der Waals surface area contributed by atoms with Gasteiger partial charge in [-0.1, -0.05) is 24.2 Å². The van der Waals surface area contributed by atoms with Crippen LogP contribution in [0.2, 0.25) is 0 Å². The fourth-order valence-corrected chi connectivity index (χ4v) is 2.96. The molecule has 5 nitrogen and oxygen atoms in total. The van der Waals surface area contributed by atoms with Crippen molar-refractivity contribution in [1.29, 1.82) is 0 Å². The van der Waals surface area contributed by atoms with Crippen LogP contribution in [0.3, 0.4) is 0 Å². The summed E-state index contributed by atoms with van der Waals surface area (Å²) < 4.78 is 17.7. The first-order chi connectivity index (χ1) is 14.4. The van der Waals surface area contributed by atoms with Gasteiger partial charge in [0.15, 0.2) is 0 Å². The third-order valence-corrected chi connectivity index (χ3v) is 4.56. The molecule has 2 aromatic carbocycles. The third-order valence-electron chi connectivity index (χ3n) is 4.56. The second-order valence-electron chi connectivity index (χ2n) is 7.38. The molecule has 2 rings (SSSR count). The zero-order chi connectivity index (χ0) is 21.9. The maximum absolute atomic E-state index is 6.10. The van der Waals surface area contributed by atoms with Crippen molar-refractivity contribution in [1.82, 2.24) is 0 Å². The molecular weight excluding hydrogens is 378 g/mol. The van der Waals surface area contributed by atoms with E-state index in [4.69, 9.17) is 19.0 Å². The van der Waals surface area contributed by atoms with Crippen molar-refractivity contribution in [2.75, 3.05) is 26.9 Å². The van der Waals surface area contributed by atoms with Crippen LogP contribution in [0, 0.1) is 19.8 Å². The monoisotopic (exact) mass is 411 g/mol. The van der Waals surface area contributed by atoms with Gasteiger partial charge in [0, 0.05) is 5.92 Å². The Kier molecular flexibility index (Phi) is 9.26. The molecule has 0 amide bonds. The van der Waals surface area contributed by atoms with E-state index in [1.807, 2.05) is 76.2 Å². The normalized spacial score (nSPS) is 12.7. The molecule has 162 valence electrons. The van der Waals surface area contributed by atoms with Gasteiger partial charge in [0.25, 0.3) is 0 Å². The van der Waals surface area contributed by atoms with E-state index in [1.54, 1.807) is 7.11 Å². The predicted octanol–water partition coefficient (Wildman–Crippen LogP) is 5.72. The molecule has 0 fully saturated rings. The van der Waals surface area contributed by atoms with Crippen molar-refractivity contribution in [2.45, 2.75) is 34.6 Å². The summed E-state index contributed by atoms with van der Waals surface area (Å²) >= 11 is 0. The highest BCUT2D eigenvalue weighted by Gasteiger charge is 2.11. The van der Waals surface area contributed by atoms with Crippen LogP contribution in [0.1, 0.15) is 37.5 Å². The van der Waals surface area contributed by atoms with Crippen LogP contribution in [0.25, 0.3) is 0 Å². The minimum atomic E-state index is 0.242. The van der Waals surface area contributed by atoms with Crippen molar-refractivity contribution >= 4 is 5.71 Å². The molecule has 1 unspecified atom stereocenters. The Labute approximate surface area is 180 Å². The molecule has 0 aliphatic rings. The lowest BCUT2D eigenvalue weighted by Gasteiger charge is -2.18. The molecule has 0 bridgehead atoms. The lowest BCUT2D eigenvalue weighted by molar-refractivity contribution is 0.187. The highest BCUT2D eigenvalue weighted by molar-refractivity contribution is 5.98. The average Bonchev–Trinajstić information content (AvgIpc) is 2.72. The molecule has 0 heterocycles. The molecule has 0 aliphatic carbocycles. The van der Waals surface area contributed by atoms with E-state index in [0.29, 0.717) is 19.8 Å². The van der Waals surface area contributed by atoms with Crippen molar-refractivity contribution in [3.8, 4) is 17.2 Å². The first-order valence-electron chi connectivity index (χ1n) is 10.2. The third kappa shape index (κ3) is 7.14. The summed E-state index contributed by atoms with van der Waals surface area (Å²) in [6, 6.07) is 11.9. The van der Waals surface area contributed by atoms with Crippen LogP contribution >= 0.6 is 0 Å². The van der Waals surface area contributed by atoms with E-state index in [9.17, 15) is 0 Å². The largest absolute Gasteiger partial charge is 0.493 e. The molecule has 1 atom stereocenters. The summed E-state index contributed by atoms with van der Waals surface area (Å²) in [4.78, 5) is 4.81. The average molecular weight is 412 g/mol. The maximum Gasteiger partial charge on any atom is 0.125 e. The predicted molar refractivity (Wildman–Crippen MR) is 122 cm³/mol. The highest BCUT2D eigenvalue weighted by Crippen LogP contribution is 2.29. The fraction of sp³-hybridized carbons (Fsp3) is 0.400. The van der Waals surface area contributed by atoms with Gasteiger partial charge in [-0.05, 0) is 80.8 Å². The molecular formula is C25H33NO4. The first-order valence-corrected chi connectivity index (χ1v) is 10.2. The Morgan fingerprint density at radius 2 is 1.60 bits per heavy atom. The lowest BCUT2D eigenvalue weighted by Crippen LogP contribution is -2.17. The molecule has 5 heteroatoms. The second kappa shape index (κ2) is 11.9. The summed E-state index contributed by atoms with van der Waals surface area (Å²) in [6.45, 7) is 11.8. The van der Waals surface area contributed by atoms with Gasteiger partial charge in [-0.2, -0.15) is 0 Å². The van der Waals surface area contributed by atoms with Gasteiger partial charge in [0.2, 0.25) is 0 Å². The topological polar surface area (TPSA) is 49.3 Å². The van der Waals surface area contributed by atoms with Crippen LogP contribution in [-0.2, 0) is 4.84 Å². The Bertz CT molecular complexity index is 833. The van der Waals surface area contributed by atoms with Gasteiger partial charge >= 0.3 is 0 Å². The quantitative estimate of drug-likeness (QED) is 0.269. The zero-order valence-corrected chi connectivity index (χ0v) is 18.9. The maximum atomic E-state index is 6.10. The van der Waals surface area contributed by atoms with Crippen molar-refractivity contribution in [3.63, 3.8) is 0 Å². The van der Waals surface area contributed by atoms with E-state index in [0.717, 1.165) is 39.7 Å². The molecule has 0 aromatic heterocycles. The van der Waals surface area contributed by atoms with Crippen molar-refractivity contribution in [2.24, 2.45) is 11.1 Å². The van der Waals surface area contributed by atoms with Crippen LogP contribution in [0.4, 0.5) is 0 Å². The summed E-state index contributed by atoms with van der Waals surface area (Å²) in [5.74, 6) is 2.84. The van der Waals surface area contributed by atoms with Gasteiger partial charge in [-0.25, -0.2) is 0 Å². The Morgan fingerprint density at radius 3 is 2.20 bits per heavy atom. The molecule has 0 spiro atoms. The van der Waals surface area contributed by atoms with Gasteiger partial charge in [-0.3, -0.25) is 0 Å². The van der Waals surface area contributed by atoms with Crippen LogP contribution in [0.15, 0.2) is 53.7 Å². The van der Waals surface area contributed by atoms with Gasteiger partial charge < -0.3 is 19.0 Å². The highest BCUT2D eigenvalue weighted by atomic mass is 16.6. The minimum absolute atomic E-state index is 0.242. The standard InChI is InChI=1S/C25H33NO4/c1-7-8-13-28-24-14-19(3)25(20(4)15-24)30-17-18(2)16-29-23-11-9-22(10-12-23)21(5)26-27-6/h7-12,14-15,18H,13,16-17H2,1-6H3/b8-7+,26-21+. The van der Waals surface area contributed by atoms with E-state index >= 15 is 0 Å². The molecule has 0 saturated heterocycles. The number of ether oxygens (including phenoxy) is 3. The molecule has 0 saturated carbocycles. The van der Waals surface area contributed by atoms with Crippen LogP contribution in [0.5, 0.6) is 17.2 Å². The number of allylic oxidation sites excluding steroid dienone is 1. The summed E-state index contributed by atoms with van der Waals surface area (Å²) in [7, 11) is 1.54. The number of benzene rings is 2. The van der Waals surface area contributed by atoms with Crippen molar-refractivity contribution in [3.05, 3.63) is 65.2 Å². The summed E-state index contributed by atoms with van der Waals surface area (Å²) in [5.41, 5.74) is 3.98. The molecule has 0 aliphatic heterocycles. The molecule has 30 heavy (non-hydrogen) atoms. The SMILES string of the molecule is C/C=C/COc1cc(C)c(OCC(C)COc2ccc(/C(C)=N/OC)cc2)c(C)c1. The lowest BCUT2D eigenvalue weighted by atomic mass is 10.1. The zero-order valence-electron chi connectivity index (χ0n) is 18.9. The number of hydrogen-bond acceptors (Lipinski definition) is 5. The number of rotatable bonds is 11. The number of aryl methyl sites for hydroxylation is 2. The Balaban J connectivity index is 1.85. The summed E-state index contributed by atoms with van der Waals surface area (Å²) in [6.07, 6.45) is 3.96. The van der Waals surface area contributed by atoms with Gasteiger partial charge in [-0.15, -0.1) is 0 Å². The van der Waals surface area contributed by atoms with Crippen molar-refractivity contribution < 1.29 is 19.0 Å². The Hall–Kier alpha value is -2.95. The van der Waals surface area contributed by atoms with Gasteiger partial charge in [0.1, 0.15) is 31.0 Å². The van der Waals surface area contributed by atoms with Crippen LogP contribution < -0.4 is 14.2 Å². The second-order valence-corrected chi connectivity index (χ2v) is 7.38. The van der Waals surface area contributed by atoms with E-state index in [-0.39, 0.29) is 5.92 Å². The fourth-order valence-electron chi connectivity index (χ4n) is 2.96. The molecule has 0 N–H and O–H groups in total. The number of nitrogens with zero attached hydrogens (tertiary/aromatic N) is 1. The Morgan fingerprint density at radius 1 is 0.967 bits per heavy atom. The smallest absolute Gasteiger partial charge is 0.125 e. The van der Waals surface area contributed by atoms with E-state index in [2.05, 4.69) is 12.1 Å². The number of oxime groups is 1. The first kappa shape index (κ1) is 23.3. The summed E-state index contributed by atoms with van der Waals surface area (Å²) in [5, 5.41) is 3.94. The van der Waals surface area contributed by atoms with E-state index < -0.39 is 0 Å². The minimum Gasteiger partial charge on any atom is -0.493 e. The molecule has 0 radical (unpaired) electrons. The number of hydrogen-bond donors (Lipinski definition) is 0. The van der Waals surface area contributed by atoms with E-state index in [1.165, 1.54) is 0 Å². The van der Waals surface area contributed by atoms with Gasteiger partial charge in [0.05, 0.1) is 18.9 Å². The van der Waals surface area contributed by atoms with Crippen LogP contribution in [-0.4, -0.2) is 32.6 Å².